The van der Waals surface area contributed by atoms with Crippen LogP contribution in [0.1, 0.15) is 43.0 Å². The monoisotopic (exact) mass is 486 g/mol. The number of thiazole rings is 1. The smallest absolute Gasteiger partial charge is 0.349 e. The lowest BCUT2D eigenvalue weighted by Crippen LogP contribution is -2.27. The molecule has 0 aliphatic heterocycles. The third-order valence-electron chi connectivity index (χ3n) is 5.01. The van der Waals surface area contributed by atoms with E-state index in [0.717, 1.165) is 29.7 Å². The minimum absolute atomic E-state index is 0.0583. The van der Waals surface area contributed by atoms with Crippen LogP contribution in [-0.4, -0.2) is 20.9 Å². The number of amides is 1. The number of carbonyl (C=O) groups is 1. The number of halogens is 3. The molecule has 6 nitrogen and oxygen atoms in total. The van der Waals surface area contributed by atoms with E-state index in [1.54, 1.807) is 38.1 Å². The fraction of sp³-hybridized carbons (Fsp3) is 0.333. The van der Waals surface area contributed by atoms with Crippen molar-refractivity contribution in [3.63, 3.8) is 0 Å². The maximum Gasteiger partial charge on any atom is 0.434 e. The summed E-state index contributed by atoms with van der Waals surface area (Å²) in [5.74, 6) is 5.86. The highest BCUT2D eigenvalue weighted by Crippen LogP contribution is 2.39. The zero-order valence-electron chi connectivity index (χ0n) is 18.4. The Bertz CT molecular complexity index is 1330. The summed E-state index contributed by atoms with van der Waals surface area (Å²) in [4.78, 5) is 34.1. The molecule has 2 heterocycles. The molecule has 1 aliphatic carbocycles. The van der Waals surface area contributed by atoms with Gasteiger partial charge >= 0.3 is 6.18 Å². The van der Waals surface area contributed by atoms with E-state index in [1.165, 1.54) is 6.07 Å². The van der Waals surface area contributed by atoms with Crippen molar-refractivity contribution in [1.82, 2.24) is 20.3 Å². The molecule has 1 aliphatic rings. The van der Waals surface area contributed by atoms with Crippen LogP contribution >= 0.6 is 11.3 Å². The number of benzene rings is 1. The molecule has 0 bridgehead atoms. The highest BCUT2D eigenvalue weighted by Gasteiger charge is 2.38. The number of alkyl halides is 3. The van der Waals surface area contributed by atoms with Gasteiger partial charge in [-0.2, -0.15) is 13.2 Å². The molecular weight excluding hydrogens is 465 g/mol. The second kappa shape index (κ2) is 9.43. The average Bonchev–Trinajstić information content (AvgIpc) is 3.51. The summed E-state index contributed by atoms with van der Waals surface area (Å²) in [7, 11) is 0. The molecule has 1 saturated carbocycles. The minimum Gasteiger partial charge on any atom is -0.349 e. The van der Waals surface area contributed by atoms with E-state index in [1.807, 2.05) is 0 Å². The van der Waals surface area contributed by atoms with Crippen molar-refractivity contribution < 1.29 is 18.0 Å². The van der Waals surface area contributed by atoms with Crippen molar-refractivity contribution in [3.8, 4) is 33.8 Å². The van der Waals surface area contributed by atoms with Gasteiger partial charge in [-0.3, -0.25) is 9.59 Å². The van der Waals surface area contributed by atoms with Gasteiger partial charge in [-0.05, 0) is 25.0 Å². The number of rotatable bonds is 5. The number of nitrogens with zero attached hydrogens (tertiary/aromatic N) is 2. The van der Waals surface area contributed by atoms with Crippen LogP contribution in [0.2, 0.25) is 0 Å². The highest BCUT2D eigenvalue weighted by molar-refractivity contribution is 7.15. The SMILES string of the molecule is CC(C)C(=O)NCc1nc(C(F)(F)F)c(-c2nc(-c3ccc(C#CC4CC4)cc3)cc(=O)[nH]2)s1. The molecule has 0 radical (unpaired) electrons. The van der Waals surface area contributed by atoms with E-state index >= 15 is 0 Å². The van der Waals surface area contributed by atoms with Gasteiger partial charge in [-0.15, -0.1) is 11.3 Å². The number of H-pyrrole nitrogens is 1. The molecule has 4 rings (SSSR count). The lowest BCUT2D eigenvalue weighted by molar-refractivity contribution is -0.140. The maximum atomic E-state index is 13.7. The van der Waals surface area contributed by atoms with Crippen LogP contribution in [0.25, 0.3) is 22.0 Å². The summed E-state index contributed by atoms with van der Waals surface area (Å²) in [6, 6.07) is 8.26. The molecule has 34 heavy (non-hydrogen) atoms. The zero-order chi connectivity index (χ0) is 24.5. The van der Waals surface area contributed by atoms with E-state index in [-0.39, 0.29) is 39.8 Å². The van der Waals surface area contributed by atoms with Crippen molar-refractivity contribution in [1.29, 1.82) is 0 Å². The Hall–Kier alpha value is -3.45. The van der Waals surface area contributed by atoms with Crippen LogP contribution in [0, 0.1) is 23.7 Å². The Labute approximate surface area is 197 Å². The van der Waals surface area contributed by atoms with Gasteiger partial charge < -0.3 is 10.3 Å². The first-order valence-electron chi connectivity index (χ1n) is 10.7. The highest BCUT2D eigenvalue weighted by atomic mass is 32.1. The summed E-state index contributed by atoms with van der Waals surface area (Å²) in [6.45, 7) is 3.20. The lowest BCUT2D eigenvalue weighted by atomic mass is 10.1. The number of hydrogen-bond donors (Lipinski definition) is 2. The van der Waals surface area contributed by atoms with E-state index in [2.05, 4.69) is 32.1 Å². The Balaban J connectivity index is 1.67. The summed E-state index contributed by atoms with van der Waals surface area (Å²) in [6.07, 6.45) is -2.52. The Kier molecular flexibility index (Phi) is 6.57. The van der Waals surface area contributed by atoms with Crippen molar-refractivity contribution in [2.45, 2.75) is 39.4 Å². The van der Waals surface area contributed by atoms with Gasteiger partial charge in [0.05, 0.1) is 12.2 Å². The Morgan fingerprint density at radius 1 is 1.24 bits per heavy atom. The molecule has 10 heteroatoms. The quantitative estimate of drug-likeness (QED) is 0.516. The van der Waals surface area contributed by atoms with Crippen LogP contribution in [0.3, 0.4) is 0 Å². The lowest BCUT2D eigenvalue weighted by Gasteiger charge is -2.07. The number of carbonyl (C=O) groups excluding carboxylic acids is 1. The maximum absolute atomic E-state index is 13.7. The van der Waals surface area contributed by atoms with Crippen LogP contribution in [-0.2, 0) is 17.5 Å². The van der Waals surface area contributed by atoms with E-state index in [9.17, 15) is 22.8 Å². The topological polar surface area (TPSA) is 87.7 Å². The molecule has 2 aromatic heterocycles. The molecule has 0 unspecified atom stereocenters. The summed E-state index contributed by atoms with van der Waals surface area (Å²) in [5.41, 5.74) is -0.120. The van der Waals surface area contributed by atoms with Gasteiger partial charge in [-0.25, -0.2) is 9.97 Å². The number of hydrogen-bond acceptors (Lipinski definition) is 5. The predicted molar refractivity (Wildman–Crippen MR) is 123 cm³/mol. The molecular formula is C24H21F3N4O2S. The number of nitrogens with one attached hydrogen (secondary N) is 2. The minimum atomic E-state index is -4.76. The number of aromatic amines is 1. The summed E-state index contributed by atoms with van der Waals surface area (Å²) < 4.78 is 41.1. The van der Waals surface area contributed by atoms with Gasteiger partial charge in [0.2, 0.25) is 5.91 Å². The zero-order valence-corrected chi connectivity index (χ0v) is 19.2. The molecule has 3 aromatic rings. The average molecular weight is 487 g/mol. The molecule has 1 fully saturated rings. The van der Waals surface area contributed by atoms with Gasteiger partial charge in [0, 0.05) is 29.0 Å². The van der Waals surface area contributed by atoms with Crippen LogP contribution in [0.5, 0.6) is 0 Å². The third kappa shape index (κ3) is 5.72. The molecule has 0 atom stereocenters. The van der Waals surface area contributed by atoms with Gasteiger partial charge in [-0.1, -0.05) is 37.8 Å². The van der Waals surface area contributed by atoms with Crippen LogP contribution < -0.4 is 10.9 Å². The van der Waals surface area contributed by atoms with Crippen LogP contribution in [0.15, 0.2) is 35.1 Å². The molecule has 176 valence electrons. The largest absolute Gasteiger partial charge is 0.434 e. The summed E-state index contributed by atoms with van der Waals surface area (Å²) in [5, 5.41) is 2.61. The summed E-state index contributed by atoms with van der Waals surface area (Å²) >= 11 is 0.727. The Morgan fingerprint density at radius 2 is 1.94 bits per heavy atom. The molecule has 2 N–H and O–H groups in total. The fourth-order valence-corrected chi connectivity index (χ4v) is 3.98. The van der Waals surface area contributed by atoms with E-state index in [4.69, 9.17) is 0 Å². The third-order valence-corrected chi connectivity index (χ3v) is 6.08. The predicted octanol–water partition coefficient (Wildman–Crippen LogP) is 4.61. The van der Waals surface area contributed by atoms with Crippen molar-refractivity contribution in [2.75, 3.05) is 0 Å². The standard InChI is InChI=1S/C24H21F3N4O2S/c1-13(2)23(33)28-12-19-31-21(24(25,26)27)20(34-19)22-29-17(11-18(32)30-22)16-9-7-15(8-10-16)6-5-14-3-4-14/h7-11,13-14H,3-4,12H2,1-2H3,(H,28,33)(H,29,30,32). The second-order valence-electron chi connectivity index (χ2n) is 8.26. The first-order chi connectivity index (χ1) is 16.1. The normalized spacial score (nSPS) is 13.5. The molecule has 1 amide bonds. The van der Waals surface area contributed by atoms with Crippen molar-refractivity contribution in [3.05, 3.63) is 57.0 Å². The second-order valence-corrected chi connectivity index (χ2v) is 9.34. The Morgan fingerprint density at radius 3 is 2.56 bits per heavy atom. The van der Waals surface area contributed by atoms with Crippen molar-refractivity contribution in [2.24, 2.45) is 11.8 Å². The van der Waals surface area contributed by atoms with Gasteiger partial charge in [0.25, 0.3) is 5.56 Å². The first-order valence-corrected chi connectivity index (χ1v) is 11.5. The van der Waals surface area contributed by atoms with Crippen molar-refractivity contribution >= 4 is 17.2 Å². The molecule has 0 saturated heterocycles. The first kappa shape index (κ1) is 23.7. The van der Waals surface area contributed by atoms with Gasteiger partial charge in [0.1, 0.15) is 9.88 Å². The fourth-order valence-electron chi connectivity index (χ4n) is 3.01. The molecule has 1 aromatic carbocycles. The van der Waals surface area contributed by atoms with E-state index < -0.39 is 17.4 Å². The van der Waals surface area contributed by atoms with Crippen LogP contribution in [0.4, 0.5) is 13.2 Å². The van der Waals surface area contributed by atoms with Gasteiger partial charge in [0.15, 0.2) is 11.5 Å². The molecule has 0 spiro atoms. The van der Waals surface area contributed by atoms with E-state index in [0.29, 0.717) is 11.5 Å². The number of aromatic nitrogens is 3.